The van der Waals surface area contributed by atoms with Crippen LogP contribution in [-0.4, -0.2) is 58.0 Å². The molecular weight excluding hydrogens is 566 g/mol. The van der Waals surface area contributed by atoms with Gasteiger partial charge in [0, 0.05) is 13.1 Å². The molecule has 0 aliphatic heterocycles. The Morgan fingerprint density at radius 2 is 1.60 bits per heavy atom. The van der Waals surface area contributed by atoms with Gasteiger partial charge >= 0.3 is 0 Å². The molecule has 0 aromatic heterocycles. The number of nitrogens with one attached hydrogen (secondary N) is 1. The highest BCUT2D eigenvalue weighted by Crippen LogP contribution is 2.33. The molecule has 1 atom stereocenters. The first-order valence-electron chi connectivity index (χ1n) is 14.7. The summed E-state index contributed by atoms with van der Waals surface area (Å²) in [6.45, 7) is 7.92. The number of hydrogen-bond donors (Lipinski definition) is 1. The third-order valence-electron chi connectivity index (χ3n) is 7.05. The Kier molecular flexibility index (Phi) is 12.4. The van der Waals surface area contributed by atoms with Crippen molar-refractivity contribution in [2.75, 3.05) is 31.1 Å². The van der Waals surface area contributed by atoms with Crippen LogP contribution in [0.3, 0.4) is 0 Å². The number of anilines is 1. The third kappa shape index (κ3) is 8.73. The molecule has 0 spiro atoms. The largest absolute Gasteiger partial charge is 0.497 e. The fraction of sp³-hybridized carbons (Fsp3) is 0.394. The van der Waals surface area contributed by atoms with Crippen LogP contribution in [0.2, 0.25) is 0 Å². The van der Waals surface area contributed by atoms with Gasteiger partial charge in [-0.25, -0.2) is 8.42 Å². The summed E-state index contributed by atoms with van der Waals surface area (Å²) in [4.78, 5) is 29.1. The number of amides is 2. The number of carbonyl (C=O) groups excluding carboxylic acids is 2. The fourth-order valence-electron chi connectivity index (χ4n) is 4.64. The van der Waals surface area contributed by atoms with E-state index in [4.69, 9.17) is 9.47 Å². The predicted molar refractivity (Wildman–Crippen MR) is 169 cm³/mol. The van der Waals surface area contributed by atoms with Crippen molar-refractivity contribution in [3.05, 3.63) is 83.9 Å². The monoisotopic (exact) mass is 609 g/mol. The molecule has 10 heteroatoms. The van der Waals surface area contributed by atoms with Gasteiger partial charge in [-0.05, 0) is 68.7 Å². The second kappa shape index (κ2) is 16.0. The van der Waals surface area contributed by atoms with Crippen molar-refractivity contribution in [2.24, 2.45) is 0 Å². The Morgan fingerprint density at radius 1 is 0.930 bits per heavy atom. The number of nitrogens with zero attached hydrogens (tertiary/aromatic N) is 2. The molecule has 1 unspecified atom stereocenters. The molecule has 0 saturated heterocycles. The van der Waals surface area contributed by atoms with Gasteiger partial charge in [0.15, 0.2) is 0 Å². The van der Waals surface area contributed by atoms with E-state index in [0.717, 1.165) is 28.3 Å². The topological polar surface area (TPSA) is 105 Å². The molecule has 0 bridgehead atoms. The molecule has 232 valence electrons. The van der Waals surface area contributed by atoms with Crippen LogP contribution in [0.15, 0.2) is 77.7 Å². The minimum Gasteiger partial charge on any atom is -0.497 e. The average molecular weight is 610 g/mol. The molecule has 3 aromatic rings. The highest BCUT2D eigenvalue weighted by Gasteiger charge is 2.34. The summed E-state index contributed by atoms with van der Waals surface area (Å²) in [6.07, 6.45) is 2.07. The zero-order valence-corrected chi connectivity index (χ0v) is 26.5. The Hall–Kier alpha value is -4.05. The van der Waals surface area contributed by atoms with Crippen LogP contribution in [0, 0.1) is 6.92 Å². The van der Waals surface area contributed by atoms with Crippen molar-refractivity contribution < 1.29 is 27.5 Å². The van der Waals surface area contributed by atoms with E-state index in [2.05, 4.69) is 5.32 Å². The molecule has 0 radical (unpaired) electrons. The summed E-state index contributed by atoms with van der Waals surface area (Å²) in [7, 11) is -2.63. The lowest BCUT2D eigenvalue weighted by molar-refractivity contribution is -0.140. The number of hydrogen-bond acceptors (Lipinski definition) is 6. The van der Waals surface area contributed by atoms with Crippen molar-refractivity contribution in [3.63, 3.8) is 0 Å². The van der Waals surface area contributed by atoms with Gasteiger partial charge in [0.25, 0.3) is 10.0 Å². The number of methoxy groups -OCH3 is 1. The minimum absolute atomic E-state index is 0.0447. The average Bonchev–Trinajstić information content (AvgIpc) is 3.01. The quantitative estimate of drug-likeness (QED) is 0.221. The molecule has 1 N–H and O–H groups in total. The second-order valence-corrected chi connectivity index (χ2v) is 12.0. The van der Waals surface area contributed by atoms with Crippen molar-refractivity contribution in [1.29, 1.82) is 0 Å². The van der Waals surface area contributed by atoms with E-state index >= 15 is 0 Å². The van der Waals surface area contributed by atoms with Gasteiger partial charge in [0.1, 0.15) is 24.1 Å². The minimum atomic E-state index is -4.20. The number of aryl methyl sites for hydroxylation is 1. The normalized spacial score (nSPS) is 11.8. The van der Waals surface area contributed by atoms with E-state index in [-0.39, 0.29) is 23.0 Å². The summed E-state index contributed by atoms with van der Waals surface area (Å²) in [5.41, 5.74) is 1.92. The summed E-state index contributed by atoms with van der Waals surface area (Å²) >= 11 is 0. The van der Waals surface area contributed by atoms with E-state index in [1.165, 1.54) is 17.0 Å². The van der Waals surface area contributed by atoms with Gasteiger partial charge in [-0.15, -0.1) is 0 Å². The maximum absolute atomic E-state index is 14.3. The summed E-state index contributed by atoms with van der Waals surface area (Å²) in [5.74, 6) is 0.198. The Labute approximate surface area is 255 Å². The maximum atomic E-state index is 14.3. The third-order valence-corrected chi connectivity index (χ3v) is 8.82. The molecule has 43 heavy (non-hydrogen) atoms. The molecule has 0 aliphatic rings. The van der Waals surface area contributed by atoms with Crippen LogP contribution in [0.1, 0.15) is 51.2 Å². The smallest absolute Gasteiger partial charge is 0.264 e. The first kappa shape index (κ1) is 33.5. The summed E-state index contributed by atoms with van der Waals surface area (Å²) in [6, 6.07) is 19.6. The molecule has 2 amide bonds. The van der Waals surface area contributed by atoms with Gasteiger partial charge in [-0.2, -0.15) is 0 Å². The van der Waals surface area contributed by atoms with Gasteiger partial charge in [0.05, 0.1) is 24.3 Å². The molecule has 0 saturated carbocycles. The SMILES string of the molecule is CCCCNC(=O)C(CC)N(Cc1ccc(OC)cc1)C(=O)CN(c1ccccc1OCC)S(=O)(=O)c1ccc(C)cc1. The molecule has 0 heterocycles. The molecule has 9 nitrogen and oxygen atoms in total. The van der Waals surface area contributed by atoms with Crippen LogP contribution in [0.5, 0.6) is 11.5 Å². The van der Waals surface area contributed by atoms with Crippen LogP contribution in [0.25, 0.3) is 0 Å². The lowest BCUT2D eigenvalue weighted by Gasteiger charge is -2.33. The van der Waals surface area contributed by atoms with Gasteiger partial charge < -0.3 is 19.7 Å². The molecule has 0 fully saturated rings. The van der Waals surface area contributed by atoms with Crippen LogP contribution in [-0.2, 0) is 26.2 Å². The van der Waals surface area contributed by atoms with E-state index in [1.54, 1.807) is 62.6 Å². The van der Waals surface area contributed by atoms with Crippen LogP contribution in [0.4, 0.5) is 5.69 Å². The number of benzene rings is 3. The van der Waals surface area contributed by atoms with Crippen molar-refractivity contribution in [1.82, 2.24) is 10.2 Å². The summed E-state index contributed by atoms with van der Waals surface area (Å²) in [5, 5.41) is 2.94. The zero-order chi connectivity index (χ0) is 31.4. The fourth-order valence-corrected chi connectivity index (χ4v) is 6.07. The number of para-hydroxylation sites is 2. The lowest BCUT2D eigenvalue weighted by Crippen LogP contribution is -2.52. The van der Waals surface area contributed by atoms with Gasteiger partial charge in [0.2, 0.25) is 11.8 Å². The molecule has 3 aromatic carbocycles. The number of ether oxygens (including phenoxy) is 2. The lowest BCUT2D eigenvalue weighted by atomic mass is 10.1. The van der Waals surface area contributed by atoms with E-state index < -0.39 is 28.5 Å². The maximum Gasteiger partial charge on any atom is 0.264 e. The predicted octanol–water partition coefficient (Wildman–Crippen LogP) is 5.32. The van der Waals surface area contributed by atoms with E-state index in [1.807, 2.05) is 32.9 Å². The second-order valence-electron chi connectivity index (χ2n) is 10.2. The van der Waals surface area contributed by atoms with Crippen molar-refractivity contribution >= 4 is 27.5 Å². The standard InChI is InChI=1S/C33H43N3O6S/c1-6-9-22-34-33(38)29(7-2)35(23-26-16-18-27(41-5)19-17-26)32(37)24-36(30-12-10-11-13-31(30)42-8-3)43(39,40)28-20-14-25(4)15-21-28/h10-21,29H,6-9,22-24H2,1-5H3,(H,34,38). The Morgan fingerprint density at radius 3 is 2.21 bits per heavy atom. The Bertz CT molecular complexity index is 1440. The van der Waals surface area contributed by atoms with Crippen LogP contribution >= 0.6 is 0 Å². The van der Waals surface area contributed by atoms with E-state index in [9.17, 15) is 18.0 Å². The zero-order valence-electron chi connectivity index (χ0n) is 25.7. The van der Waals surface area contributed by atoms with Crippen molar-refractivity contribution in [2.45, 2.75) is 64.4 Å². The number of unbranched alkanes of at least 4 members (excludes halogenated alkanes) is 1. The highest BCUT2D eigenvalue weighted by molar-refractivity contribution is 7.92. The van der Waals surface area contributed by atoms with E-state index in [0.29, 0.717) is 31.1 Å². The van der Waals surface area contributed by atoms with Crippen molar-refractivity contribution in [3.8, 4) is 11.5 Å². The summed E-state index contributed by atoms with van der Waals surface area (Å²) < 4.78 is 40.4. The number of sulfonamides is 1. The Balaban J connectivity index is 2.08. The first-order chi connectivity index (χ1) is 20.7. The van der Waals surface area contributed by atoms with Crippen LogP contribution < -0.4 is 19.1 Å². The number of carbonyl (C=O) groups is 2. The molecule has 0 aliphatic carbocycles. The van der Waals surface area contributed by atoms with Gasteiger partial charge in [-0.3, -0.25) is 13.9 Å². The first-order valence-corrected chi connectivity index (χ1v) is 16.1. The molecular formula is C33H43N3O6S. The number of rotatable bonds is 16. The van der Waals surface area contributed by atoms with Gasteiger partial charge in [-0.1, -0.05) is 62.2 Å². The highest BCUT2D eigenvalue weighted by atomic mass is 32.2. The molecule has 3 rings (SSSR count).